The number of likely N-dealkylation sites (tertiary alicyclic amines) is 1. The molecule has 1 aliphatic heterocycles. The third-order valence-electron chi connectivity index (χ3n) is 5.92. The number of hydrogen-bond acceptors (Lipinski definition) is 2. The Kier molecular flexibility index (Phi) is 7.00. The highest BCUT2D eigenvalue weighted by atomic mass is 35.5. The molecular formula is C26H26ClFN2O. The van der Waals surface area contributed by atoms with E-state index in [1.165, 1.54) is 11.6 Å². The summed E-state index contributed by atoms with van der Waals surface area (Å²) in [4.78, 5) is 15.3. The number of benzene rings is 3. The highest BCUT2D eigenvalue weighted by molar-refractivity contribution is 6.30. The molecular weight excluding hydrogens is 411 g/mol. The fourth-order valence-corrected chi connectivity index (χ4v) is 4.54. The number of hydrogen-bond donors (Lipinski definition) is 1. The zero-order chi connectivity index (χ0) is 21.6. The van der Waals surface area contributed by atoms with Gasteiger partial charge in [-0.05, 0) is 42.2 Å². The van der Waals surface area contributed by atoms with Gasteiger partial charge in [-0.25, -0.2) is 4.39 Å². The summed E-state index contributed by atoms with van der Waals surface area (Å²) in [5.41, 5.74) is 2.89. The minimum atomic E-state index is -0.293. The molecule has 5 heteroatoms. The zero-order valence-electron chi connectivity index (χ0n) is 17.3. The molecule has 1 saturated heterocycles. The van der Waals surface area contributed by atoms with E-state index in [1.807, 2.05) is 24.3 Å². The average molecular weight is 437 g/mol. The smallest absolute Gasteiger partial charge is 0.224 e. The van der Waals surface area contributed by atoms with Gasteiger partial charge in [-0.1, -0.05) is 72.3 Å². The van der Waals surface area contributed by atoms with E-state index in [-0.39, 0.29) is 30.2 Å². The maximum absolute atomic E-state index is 13.9. The molecule has 0 aliphatic carbocycles. The molecule has 3 aromatic rings. The van der Waals surface area contributed by atoms with Crippen molar-refractivity contribution >= 4 is 17.5 Å². The molecule has 160 valence electrons. The van der Waals surface area contributed by atoms with Gasteiger partial charge in [0.2, 0.25) is 5.91 Å². The van der Waals surface area contributed by atoms with E-state index in [1.54, 1.807) is 18.2 Å². The summed E-state index contributed by atoms with van der Waals surface area (Å²) in [6, 6.07) is 25.1. The number of amides is 1. The van der Waals surface area contributed by atoms with Gasteiger partial charge in [-0.2, -0.15) is 0 Å². The molecule has 0 unspecified atom stereocenters. The summed E-state index contributed by atoms with van der Waals surface area (Å²) in [6.07, 6.45) is 1.69. The first-order valence-corrected chi connectivity index (χ1v) is 11.0. The van der Waals surface area contributed by atoms with Gasteiger partial charge in [0.15, 0.2) is 0 Å². The van der Waals surface area contributed by atoms with Crippen molar-refractivity contribution in [2.75, 3.05) is 6.54 Å². The number of carbonyl (C=O) groups is 1. The first-order valence-electron chi connectivity index (χ1n) is 10.6. The molecule has 1 heterocycles. The van der Waals surface area contributed by atoms with Gasteiger partial charge in [0.05, 0.1) is 5.92 Å². The number of rotatable bonds is 6. The van der Waals surface area contributed by atoms with E-state index in [0.29, 0.717) is 17.1 Å². The van der Waals surface area contributed by atoms with Crippen LogP contribution in [0.1, 0.15) is 35.6 Å². The molecule has 0 spiro atoms. The van der Waals surface area contributed by atoms with Gasteiger partial charge in [-0.3, -0.25) is 9.69 Å². The van der Waals surface area contributed by atoms with Gasteiger partial charge in [-0.15, -0.1) is 0 Å². The standard InChI is InChI=1S/C26H26ClFN2O/c27-23-11-6-7-19(15-23)17-30-18-22(13-14-25(30)20-8-2-1-3-9-20)26(31)29-16-21-10-4-5-12-24(21)28/h1-12,15,22,25H,13-14,16-18H2,(H,29,31)/t22-,25+/m1/s1. The van der Waals surface area contributed by atoms with Crippen LogP contribution in [0.15, 0.2) is 78.9 Å². The fourth-order valence-electron chi connectivity index (χ4n) is 4.32. The molecule has 31 heavy (non-hydrogen) atoms. The minimum Gasteiger partial charge on any atom is -0.352 e. The second kappa shape index (κ2) is 10.1. The summed E-state index contributed by atoms with van der Waals surface area (Å²) < 4.78 is 13.9. The topological polar surface area (TPSA) is 32.3 Å². The van der Waals surface area contributed by atoms with Crippen molar-refractivity contribution < 1.29 is 9.18 Å². The number of piperidine rings is 1. The lowest BCUT2D eigenvalue weighted by Crippen LogP contribution is -2.44. The van der Waals surface area contributed by atoms with Gasteiger partial charge >= 0.3 is 0 Å². The van der Waals surface area contributed by atoms with Crippen LogP contribution in [0.4, 0.5) is 4.39 Å². The Balaban J connectivity index is 1.47. The van der Waals surface area contributed by atoms with Gasteiger partial charge < -0.3 is 5.32 Å². The summed E-state index contributed by atoms with van der Waals surface area (Å²) in [5, 5.41) is 3.64. The van der Waals surface area contributed by atoms with E-state index in [9.17, 15) is 9.18 Å². The molecule has 1 amide bonds. The zero-order valence-corrected chi connectivity index (χ0v) is 18.1. The monoisotopic (exact) mass is 436 g/mol. The van der Waals surface area contributed by atoms with E-state index < -0.39 is 0 Å². The van der Waals surface area contributed by atoms with Gasteiger partial charge in [0, 0.05) is 36.3 Å². The van der Waals surface area contributed by atoms with Crippen molar-refractivity contribution in [3.63, 3.8) is 0 Å². The fraction of sp³-hybridized carbons (Fsp3) is 0.269. The normalized spacial score (nSPS) is 19.2. The predicted molar refractivity (Wildman–Crippen MR) is 122 cm³/mol. The Labute approximate surface area is 187 Å². The molecule has 3 nitrogen and oxygen atoms in total. The highest BCUT2D eigenvalue weighted by Crippen LogP contribution is 2.35. The predicted octanol–water partition coefficient (Wildman–Crippen LogP) is 5.75. The Morgan fingerprint density at radius 1 is 1.00 bits per heavy atom. The lowest BCUT2D eigenvalue weighted by Gasteiger charge is -2.39. The quantitative estimate of drug-likeness (QED) is 0.533. The first-order chi connectivity index (χ1) is 15.1. The third-order valence-corrected chi connectivity index (χ3v) is 6.16. The van der Waals surface area contributed by atoms with Crippen molar-refractivity contribution in [3.8, 4) is 0 Å². The van der Waals surface area contributed by atoms with Crippen LogP contribution in [-0.2, 0) is 17.9 Å². The number of halogens is 2. The summed E-state index contributed by atoms with van der Waals surface area (Å²) >= 11 is 6.19. The van der Waals surface area contributed by atoms with Crippen molar-refractivity contribution in [1.29, 1.82) is 0 Å². The van der Waals surface area contributed by atoms with Crippen LogP contribution in [0.5, 0.6) is 0 Å². The van der Waals surface area contributed by atoms with Gasteiger partial charge in [0.1, 0.15) is 5.82 Å². The molecule has 0 radical (unpaired) electrons. The van der Waals surface area contributed by atoms with Crippen LogP contribution in [0.25, 0.3) is 0 Å². The second-order valence-electron chi connectivity index (χ2n) is 8.07. The van der Waals surface area contributed by atoms with E-state index >= 15 is 0 Å². The molecule has 1 fully saturated rings. The van der Waals surface area contributed by atoms with Crippen molar-refractivity contribution in [2.24, 2.45) is 5.92 Å². The minimum absolute atomic E-state index is 0.0224. The van der Waals surface area contributed by atoms with Crippen LogP contribution in [0.3, 0.4) is 0 Å². The van der Waals surface area contributed by atoms with Crippen LogP contribution in [0, 0.1) is 11.7 Å². The average Bonchev–Trinajstić information content (AvgIpc) is 2.79. The summed E-state index contributed by atoms with van der Waals surface area (Å²) in [6.45, 7) is 1.57. The number of carbonyl (C=O) groups excluding carboxylic acids is 1. The third kappa shape index (κ3) is 5.52. The SMILES string of the molecule is O=C(NCc1ccccc1F)[C@@H]1CC[C@@H](c2ccccc2)N(Cc2cccc(Cl)c2)C1. The Morgan fingerprint density at radius 2 is 1.77 bits per heavy atom. The Bertz CT molecular complexity index is 1030. The molecule has 1 N–H and O–H groups in total. The maximum atomic E-state index is 13.9. The van der Waals surface area contributed by atoms with E-state index in [0.717, 1.165) is 24.9 Å². The molecule has 2 atom stereocenters. The maximum Gasteiger partial charge on any atom is 0.224 e. The lowest BCUT2D eigenvalue weighted by atomic mass is 9.88. The molecule has 1 aliphatic rings. The Hall–Kier alpha value is -2.69. The van der Waals surface area contributed by atoms with Crippen molar-refractivity contribution in [1.82, 2.24) is 10.2 Å². The molecule has 0 bridgehead atoms. The molecule has 0 aromatic heterocycles. The Morgan fingerprint density at radius 3 is 2.55 bits per heavy atom. The molecule has 3 aromatic carbocycles. The summed E-state index contributed by atoms with van der Waals surface area (Å²) in [5.74, 6) is -0.449. The number of nitrogens with zero attached hydrogens (tertiary/aromatic N) is 1. The lowest BCUT2D eigenvalue weighted by molar-refractivity contribution is -0.127. The highest BCUT2D eigenvalue weighted by Gasteiger charge is 2.32. The number of nitrogens with one attached hydrogen (secondary N) is 1. The molecule has 4 rings (SSSR count). The largest absolute Gasteiger partial charge is 0.352 e. The van der Waals surface area contributed by atoms with Crippen molar-refractivity contribution in [3.05, 3.63) is 106 Å². The van der Waals surface area contributed by atoms with Crippen LogP contribution in [0.2, 0.25) is 5.02 Å². The van der Waals surface area contributed by atoms with Crippen LogP contribution in [-0.4, -0.2) is 17.4 Å². The van der Waals surface area contributed by atoms with Crippen molar-refractivity contribution in [2.45, 2.75) is 32.0 Å². The second-order valence-corrected chi connectivity index (χ2v) is 8.51. The molecule has 0 saturated carbocycles. The van der Waals surface area contributed by atoms with Crippen LogP contribution >= 0.6 is 11.6 Å². The van der Waals surface area contributed by atoms with E-state index in [4.69, 9.17) is 11.6 Å². The van der Waals surface area contributed by atoms with Crippen LogP contribution < -0.4 is 5.32 Å². The first kappa shape index (κ1) is 21.5. The summed E-state index contributed by atoms with van der Waals surface area (Å²) in [7, 11) is 0. The van der Waals surface area contributed by atoms with Gasteiger partial charge in [0.25, 0.3) is 0 Å². The van der Waals surface area contributed by atoms with E-state index in [2.05, 4.69) is 40.5 Å².